The van der Waals surface area contributed by atoms with Crippen LogP contribution in [-0.4, -0.2) is 50.7 Å². The van der Waals surface area contributed by atoms with Crippen molar-refractivity contribution in [3.8, 4) is 11.3 Å². The van der Waals surface area contributed by atoms with E-state index < -0.39 is 12.0 Å². The molecule has 0 saturated heterocycles. The fourth-order valence-electron chi connectivity index (χ4n) is 3.21. The van der Waals surface area contributed by atoms with Crippen molar-refractivity contribution in [2.24, 2.45) is 16.5 Å². The molecule has 0 unspecified atom stereocenters. The first-order valence-electron chi connectivity index (χ1n) is 11.8. The first-order chi connectivity index (χ1) is 18.0. The highest BCUT2D eigenvalue weighted by atomic mass is 32.1. The number of rotatable bonds is 10. The van der Waals surface area contributed by atoms with Crippen LogP contribution in [0.5, 0.6) is 0 Å². The molecular weight excluding hydrogens is 504 g/mol. The molecule has 0 spiro atoms. The molecule has 12 heteroatoms. The Morgan fingerprint density at radius 1 is 1.24 bits per heavy atom. The predicted octanol–water partition coefficient (Wildman–Crippen LogP) is 2.83. The number of benzene rings is 1. The van der Waals surface area contributed by atoms with Crippen molar-refractivity contribution in [1.29, 1.82) is 0 Å². The van der Waals surface area contributed by atoms with Gasteiger partial charge in [-0.1, -0.05) is 32.9 Å². The highest BCUT2D eigenvalue weighted by Crippen LogP contribution is 2.27. The van der Waals surface area contributed by atoms with Gasteiger partial charge in [0, 0.05) is 36.1 Å². The molecule has 200 valence electrons. The fourth-order valence-corrected chi connectivity index (χ4v) is 4.10. The third-order valence-corrected chi connectivity index (χ3v) is 6.81. The van der Waals surface area contributed by atoms with Crippen LogP contribution in [0, 0.1) is 6.92 Å². The first-order valence-corrected chi connectivity index (χ1v) is 12.6. The predicted molar refractivity (Wildman–Crippen MR) is 149 cm³/mol. The van der Waals surface area contributed by atoms with Crippen molar-refractivity contribution in [2.45, 2.75) is 45.7 Å². The Labute approximate surface area is 225 Å². The van der Waals surface area contributed by atoms with Crippen LogP contribution in [0.15, 0.2) is 53.5 Å². The number of carbonyl (C=O) groups is 2. The van der Waals surface area contributed by atoms with Crippen LogP contribution in [0.1, 0.15) is 46.6 Å². The number of thiazole rings is 1. The zero-order valence-corrected chi connectivity index (χ0v) is 22.5. The Morgan fingerprint density at radius 2 is 2.00 bits per heavy atom. The zero-order valence-electron chi connectivity index (χ0n) is 21.7. The van der Waals surface area contributed by atoms with E-state index in [1.54, 1.807) is 18.5 Å². The van der Waals surface area contributed by atoms with E-state index in [9.17, 15) is 9.59 Å². The number of anilines is 1. The molecule has 3 aromatic rings. The zero-order chi connectivity index (χ0) is 27.9. The quantitative estimate of drug-likeness (QED) is 0.243. The lowest BCUT2D eigenvalue weighted by atomic mass is 9.98. The number of allylic oxidation sites excluding steroid dienone is 1. The van der Waals surface area contributed by atoms with E-state index in [1.807, 2.05) is 25.1 Å². The minimum Gasteiger partial charge on any atom is -0.480 e. The number of nitrogens with zero attached hydrogens (tertiary/aromatic N) is 4. The Balaban J connectivity index is 1.65. The number of aliphatic carboxylic acids is 1. The Kier molecular flexibility index (Phi) is 9.26. The summed E-state index contributed by atoms with van der Waals surface area (Å²) in [5.74, 6) is -0.991. The average Bonchev–Trinajstić information content (AvgIpc) is 3.38. The molecule has 0 radical (unpaired) electrons. The number of hydrogen-bond acceptors (Lipinski definition) is 10. The topological polar surface area (TPSA) is 182 Å². The molecule has 0 aliphatic carbocycles. The van der Waals surface area contributed by atoms with E-state index in [2.05, 4.69) is 51.3 Å². The van der Waals surface area contributed by atoms with E-state index in [-0.39, 0.29) is 17.9 Å². The lowest BCUT2D eigenvalue weighted by Crippen LogP contribution is -2.33. The van der Waals surface area contributed by atoms with Crippen LogP contribution < -0.4 is 22.1 Å². The highest BCUT2D eigenvalue weighted by Gasteiger charge is 2.20. The minimum absolute atomic E-state index is 0.0938. The maximum atomic E-state index is 12.6. The monoisotopic (exact) mass is 536 g/mol. The normalized spacial score (nSPS) is 12.9. The van der Waals surface area contributed by atoms with Crippen molar-refractivity contribution in [2.75, 3.05) is 11.9 Å². The average molecular weight is 537 g/mol. The molecular formula is C26H32N8O3S. The van der Waals surface area contributed by atoms with Crippen LogP contribution >= 0.6 is 11.3 Å². The molecule has 7 N–H and O–H groups in total. The maximum Gasteiger partial charge on any atom is 0.322 e. The summed E-state index contributed by atoms with van der Waals surface area (Å²) in [5, 5.41) is 15.7. The molecule has 2 aromatic heterocycles. The Bertz CT molecular complexity index is 1360. The van der Waals surface area contributed by atoms with Crippen LogP contribution in [0.3, 0.4) is 0 Å². The number of aryl methyl sites for hydroxylation is 1. The fraction of sp³-hybridized carbons (Fsp3) is 0.308. The summed E-state index contributed by atoms with van der Waals surface area (Å²) in [5.41, 5.74) is 14.9. The van der Waals surface area contributed by atoms with Gasteiger partial charge >= 0.3 is 5.97 Å². The molecule has 0 bridgehead atoms. The maximum absolute atomic E-state index is 12.6. The summed E-state index contributed by atoms with van der Waals surface area (Å²) in [4.78, 5) is 41.1. The van der Waals surface area contributed by atoms with Crippen LogP contribution in [0.4, 0.5) is 5.95 Å². The van der Waals surface area contributed by atoms with E-state index in [0.717, 1.165) is 21.7 Å². The summed E-state index contributed by atoms with van der Waals surface area (Å²) in [6.45, 7) is 8.47. The molecule has 0 fully saturated rings. The largest absolute Gasteiger partial charge is 0.480 e. The smallest absolute Gasteiger partial charge is 0.322 e. The van der Waals surface area contributed by atoms with Gasteiger partial charge in [-0.25, -0.2) is 15.0 Å². The molecule has 38 heavy (non-hydrogen) atoms. The Hall–Kier alpha value is -4.16. The number of nitrogens with one attached hydrogen (secondary N) is 2. The van der Waals surface area contributed by atoms with Crippen LogP contribution in [0.2, 0.25) is 0 Å². The van der Waals surface area contributed by atoms with Crippen molar-refractivity contribution in [1.82, 2.24) is 20.3 Å². The second-order valence-electron chi connectivity index (χ2n) is 9.56. The van der Waals surface area contributed by atoms with Crippen molar-refractivity contribution in [3.63, 3.8) is 0 Å². The summed E-state index contributed by atoms with van der Waals surface area (Å²) >= 11 is 1.41. The van der Waals surface area contributed by atoms with Crippen molar-refractivity contribution in [3.05, 3.63) is 69.6 Å². The minimum atomic E-state index is -1.14. The van der Waals surface area contributed by atoms with E-state index in [1.165, 1.54) is 23.8 Å². The summed E-state index contributed by atoms with van der Waals surface area (Å²) in [6.07, 6.45) is 5.89. The molecule has 2 heterocycles. The second-order valence-corrected chi connectivity index (χ2v) is 10.6. The van der Waals surface area contributed by atoms with Gasteiger partial charge in [0.25, 0.3) is 5.91 Å². The number of carbonyl (C=O) groups excluding carboxylic acids is 1. The number of nitrogens with two attached hydrogens (primary N) is 2. The molecule has 0 saturated carbocycles. The van der Waals surface area contributed by atoms with Gasteiger partial charge in [0.1, 0.15) is 10.9 Å². The lowest BCUT2D eigenvalue weighted by molar-refractivity contribution is -0.138. The number of aromatic nitrogens is 3. The summed E-state index contributed by atoms with van der Waals surface area (Å²) in [7, 11) is 0. The Morgan fingerprint density at radius 3 is 2.63 bits per heavy atom. The second kappa shape index (κ2) is 12.4. The van der Waals surface area contributed by atoms with Gasteiger partial charge in [-0.05, 0) is 30.2 Å². The van der Waals surface area contributed by atoms with E-state index in [0.29, 0.717) is 28.8 Å². The van der Waals surface area contributed by atoms with E-state index in [4.69, 9.17) is 16.6 Å². The van der Waals surface area contributed by atoms with Gasteiger partial charge in [-0.3, -0.25) is 14.6 Å². The van der Waals surface area contributed by atoms with Gasteiger partial charge in [-0.15, -0.1) is 11.3 Å². The molecule has 0 aliphatic heterocycles. The van der Waals surface area contributed by atoms with Gasteiger partial charge in [0.05, 0.1) is 29.1 Å². The molecule has 11 nitrogen and oxygen atoms in total. The molecule has 1 amide bonds. The number of carboxylic acid groups (broad SMARTS) is 1. The van der Waals surface area contributed by atoms with Gasteiger partial charge in [0.15, 0.2) is 0 Å². The lowest BCUT2D eigenvalue weighted by Gasteiger charge is -2.13. The third kappa shape index (κ3) is 7.67. The molecule has 3 rings (SSSR count). The van der Waals surface area contributed by atoms with Gasteiger partial charge < -0.3 is 27.2 Å². The standard InChI is InChI=1S/C26H32N8O3S/c1-15-9-16(5-6-17(15)11-31-22(35)21-14-32-24(38-21)26(2,3)4)20-7-8-30-25(34-20)33-18(10-27)12-29-13-19(28)23(36)37/h5-10,12,14,19H,11,13,27-28H2,1-4H3,(H,31,35)(H,36,37)(H,30,33,34)/t19-/m0/s1. The first kappa shape index (κ1) is 28.4. The number of carboxylic acids is 1. The van der Waals surface area contributed by atoms with E-state index >= 15 is 0 Å². The van der Waals surface area contributed by atoms with Gasteiger partial charge in [0.2, 0.25) is 5.95 Å². The SMILES string of the molecule is Cc1cc(-c2ccnc(NC(C=NC[C@H](N)C(=O)O)=CN)n2)ccc1CNC(=O)c1cnc(C(C)(C)C)s1. The third-order valence-electron chi connectivity index (χ3n) is 5.39. The van der Waals surface area contributed by atoms with Gasteiger partial charge in [-0.2, -0.15) is 0 Å². The van der Waals surface area contributed by atoms with Crippen molar-refractivity contribution >= 4 is 35.4 Å². The number of hydrogen-bond donors (Lipinski definition) is 5. The molecule has 1 atom stereocenters. The van der Waals surface area contributed by atoms with Crippen LogP contribution in [0.25, 0.3) is 11.3 Å². The number of amides is 1. The molecule has 1 aromatic carbocycles. The summed E-state index contributed by atoms with van der Waals surface area (Å²) < 4.78 is 0. The van der Waals surface area contributed by atoms with Crippen molar-refractivity contribution < 1.29 is 14.7 Å². The molecule has 0 aliphatic rings. The van der Waals surface area contributed by atoms with Crippen LogP contribution in [-0.2, 0) is 16.8 Å². The highest BCUT2D eigenvalue weighted by molar-refractivity contribution is 7.13. The number of aliphatic imine (C=N–C) groups is 1. The summed E-state index contributed by atoms with van der Waals surface area (Å²) in [6, 6.07) is 6.56.